The number of imidazole rings is 1. The van der Waals surface area contributed by atoms with E-state index in [1.165, 1.54) is 5.56 Å². The van der Waals surface area contributed by atoms with Crippen molar-refractivity contribution in [1.29, 1.82) is 5.26 Å². The molecule has 0 unspecified atom stereocenters. The fraction of sp³-hybridized carbons (Fsp3) is 0.154. The van der Waals surface area contributed by atoms with Gasteiger partial charge in [-0.15, -0.1) is 0 Å². The van der Waals surface area contributed by atoms with Crippen molar-refractivity contribution in [2.45, 2.75) is 19.8 Å². The molecule has 2 aromatic heterocycles. The normalized spacial score (nSPS) is 9.97. The van der Waals surface area contributed by atoms with Gasteiger partial charge in [-0.3, -0.25) is 4.79 Å². The summed E-state index contributed by atoms with van der Waals surface area (Å²) in [5.74, 6) is 0.464. The number of pyridine rings is 1. The predicted octanol–water partition coefficient (Wildman–Crippen LogP) is 3.82. The van der Waals surface area contributed by atoms with E-state index in [4.69, 9.17) is 11.0 Å². The number of carbonyl (C=O) groups excluding carboxylic acids is 1. The lowest BCUT2D eigenvalue weighted by Gasteiger charge is -2.06. The van der Waals surface area contributed by atoms with Gasteiger partial charge in [0.2, 0.25) is 5.91 Å². The van der Waals surface area contributed by atoms with Gasteiger partial charge in [-0.05, 0) is 55.3 Å². The molecule has 0 spiro atoms. The number of aryl methyl sites for hydroxylation is 1. The Hall–Kier alpha value is -4.28. The summed E-state index contributed by atoms with van der Waals surface area (Å²) in [7, 11) is 0. The Morgan fingerprint density at radius 2 is 1.79 bits per heavy atom. The van der Waals surface area contributed by atoms with Crippen LogP contribution in [0.4, 0.5) is 5.82 Å². The van der Waals surface area contributed by atoms with Crippen LogP contribution in [-0.4, -0.2) is 27.0 Å². The van der Waals surface area contributed by atoms with Crippen LogP contribution >= 0.6 is 0 Å². The number of rotatable bonds is 6. The van der Waals surface area contributed by atoms with E-state index in [-0.39, 0.29) is 5.91 Å². The van der Waals surface area contributed by atoms with E-state index in [0.29, 0.717) is 24.3 Å². The minimum absolute atomic E-state index is 0.0788. The van der Waals surface area contributed by atoms with Gasteiger partial charge in [-0.25, -0.2) is 9.97 Å². The number of hydrogen-bond acceptors (Lipinski definition) is 5. The fourth-order valence-corrected chi connectivity index (χ4v) is 3.06. The van der Waals surface area contributed by atoms with Crippen molar-refractivity contribution in [2.24, 2.45) is 5.73 Å². The molecule has 0 atom stereocenters. The number of aromatic nitrogens is 3. The topological polar surface area (TPSA) is 110 Å². The third-order valence-electron chi connectivity index (χ3n) is 4.75. The summed E-state index contributed by atoms with van der Waals surface area (Å²) in [4.78, 5) is 20.4. The first kappa shape index (κ1) is 23.4. The van der Waals surface area contributed by atoms with Crippen molar-refractivity contribution in [3.05, 3.63) is 108 Å². The molecule has 1 amide bonds. The molecule has 0 saturated carbocycles. The average Bonchev–Trinajstić information content (AvgIpc) is 3.27. The molecule has 0 bridgehead atoms. The minimum atomic E-state index is -0.0788. The van der Waals surface area contributed by atoms with Gasteiger partial charge in [0.1, 0.15) is 5.82 Å². The number of hydrogen-bond donors (Lipinski definition) is 2. The number of nitriles is 1. The monoisotopic (exact) mass is 438 g/mol. The number of amides is 1. The van der Waals surface area contributed by atoms with E-state index < -0.39 is 0 Å². The second-order valence-electron chi connectivity index (χ2n) is 7.38. The van der Waals surface area contributed by atoms with Gasteiger partial charge in [0.15, 0.2) is 0 Å². The smallest absolute Gasteiger partial charge is 0.229 e. The largest absolute Gasteiger partial charge is 0.330 e. The molecule has 7 heteroatoms. The van der Waals surface area contributed by atoms with Crippen LogP contribution < -0.4 is 11.1 Å². The molecule has 0 aliphatic heterocycles. The van der Waals surface area contributed by atoms with E-state index in [1.54, 1.807) is 18.6 Å². The van der Waals surface area contributed by atoms with E-state index >= 15 is 0 Å². The number of benzene rings is 2. The maximum absolute atomic E-state index is 12.0. The molecule has 33 heavy (non-hydrogen) atoms. The van der Waals surface area contributed by atoms with Crippen LogP contribution in [-0.2, 0) is 17.6 Å². The zero-order chi connectivity index (χ0) is 23.5. The van der Waals surface area contributed by atoms with Crippen molar-refractivity contribution >= 4 is 11.7 Å². The van der Waals surface area contributed by atoms with Crippen LogP contribution in [0.2, 0.25) is 0 Å². The molecule has 0 aliphatic rings. The first-order valence-corrected chi connectivity index (χ1v) is 10.6. The summed E-state index contributed by atoms with van der Waals surface area (Å²) in [5, 5.41) is 11.3. The summed E-state index contributed by atoms with van der Waals surface area (Å²) >= 11 is 0. The highest BCUT2D eigenvalue weighted by atomic mass is 16.1. The molecule has 0 saturated heterocycles. The highest BCUT2D eigenvalue weighted by molar-refractivity contribution is 5.91. The Morgan fingerprint density at radius 3 is 2.36 bits per heavy atom. The highest BCUT2D eigenvalue weighted by Gasteiger charge is 2.05. The van der Waals surface area contributed by atoms with Crippen LogP contribution in [0.1, 0.15) is 22.4 Å². The van der Waals surface area contributed by atoms with Crippen molar-refractivity contribution in [1.82, 2.24) is 14.5 Å². The third kappa shape index (κ3) is 7.42. The third-order valence-corrected chi connectivity index (χ3v) is 4.75. The number of anilines is 1. The Kier molecular flexibility index (Phi) is 8.46. The molecule has 2 aromatic carbocycles. The molecule has 0 aliphatic carbocycles. The molecule has 4 rings (SSSR count). The SMILES string of the molecule is Cc1cn(-c2ccc(NC(=O)Cc3ccccc3)nc2)cn1.N#Cc1ccc(CCN)cc1. The van der Waals surface area contributed by atoms with Gasteiger partial charge in [0.25, 0.3) is 0 Å². The number of nitrogens with one attached hydrogen (secondary N) is 1. The number of nitrogens with zero attached hydrogens (tertiary/aromatic N) is 4. The van der Waals surface area contributed by atoms with Crippen molar-refractivity contribution in [3.63, 3.8) is 0 Å². The maximum Gasteiger partial charge on any atom is 0.229 e. The summed E-state index contributed by atoms with van der Waals surface area (Å²) in [5.41, 5.74) is 10.1. The van der Waals surface area contributed by atoms with Gasteiger partial charge in [-0.2, -0.15) is 5.26 Å². The zero-order valence-corrected chi connectivity index (χ0v) is 18.5. The van der Waals surface area contributed by atoms with Crippen molar-refractivity contribution in [2.75, 3.05) is 11.9 Å². The van der Waals surface area contributed by atoms with Crippen molar-refractivity contribution in [3.8, 4) is 11.8 Å². The molecular weight excluding hydrogens is 412 g/mol. The van der Waals surface area contributed by atoms with E-state index in [9.17, 15) is 4.79 Å². The zero-order valence-electron chi connectivity index (χ0n) is 18.5. The molecule has 0 fully saturated rings. The standard InChI is InChI=1S/C17H16N4O.C9H10N2/c1-13-11-21(12-19-13)15-7-8-16(18-10-15)20-17(22)9-14-5-3-2-4-6-14;10-6-5-8-1-3-9(7-11)4-2-8/h2-8,10-12H,9H2,1H3,(H,18,20,22);1-4H,5-6,10H2. The van der Waals surface area contributed by atoms with Crippen LogP contribution in [0.15, 0.2) is 85.5 Å². The van der Waals surface area contributed by atoms with Crippen LogP contribution in [0.3, 0.4) is 0 Å². The first-order chi connectivity index (χ1) is 16.1. The molecule has 3 N–H and O–H groups in total. The second-order valence-corrected chi connectivity index (χ2v) is 7.38. The summed E-state index contributed by atoms with van der Waals surface area (Å²) < 4.78 is 1.89. The summed E-state index contributed by atoms with van der Waals surface area (Å²) in [6, 6.07) is 22.9. The van der Waals surface area contributed by atoms with Gasteiger partial charge in [-0.1, -0.05) is 42.5 Å². The second kappa shape index (κ2) is 11.9. The Bertz CT molecular complexity index is 1190. The van der Waals surface area contributed by atoms with Crippen LogP contribution in [0.25, 0.3) is 5.69 Å². The lowest BCUT2D eigenvalue weighted by molar-refractivity contribution is -0.115. The van der Waals surface area contributed by atoms with Crippen molar-refractivity contribution < 1.29 is 4.79 Å². The minimum Gasteiger partial charge on any atom is -0.330 e. The molecule has 0 radical (unpaired) electrons. The van der Waals surface area contributed by atoms with Crippen LogP contribution in [0.5, 0.6) is 0 Å². The summed E-state index contributed by atoms with van der Waals surface area (Å²) in [6.07, 6.45) is 6.58. The number of carbonyl (C=O) groups is 1. The highest BCUT2D eigenvalue weighted by Crippen LogP contribution is 2.11. The number of nitrogens with two attached hydrogens (primary N) is 1. The summed E-state index contributed by atoms with van der Waals surface area (Å²) in [6.45, 7) is 2.59. The predicted molar refractivity (Wildman–Crippen MR) is 129 cm³/mol. The maximum atomic E-state index is 12.0. The first-order valence-electron chi connectivity index (χ1n) is 10.6. The fourth-order valence-electron chi connectivity index (χ4n) is 3.06. The lowest BCUT2D eigenvalue weighted by atomic mass is 10.1. The molecular formula is C26H26N6O. The van der Waals surface area contributed by atoms with E-state index in [1.807, 2.05) is 78.4 Å². The quantitative estimate of drug-likeness (QED) is 0.476. The average molecular weight is 439 g/mol. The van der Waals surface area contributed by atoms with Gasteiger partial charge in [0, 0.05) is 6.20 Å². The Balaban J connectivity index is 0.000000235. The Labute approximate surface area is 193 Å². The lowest BCUT2D eigenvalue weighted by Crippen LogP contribution is -2.15. The molecule has 7 nitrogen and oxygen atoms in total. The van der Waals surface area contributed by atoms with Gasteiger partial charge < -0.3 is 15.6 Å². The molecule has 166 valence electrons. The van der Waals surface area contributed by atoms with Gasteiger partial charge >= 0.3 is 0 Å². The molecule has 4 aromatic rings. The van der Waals surface area contributed by atoms with E-state index in [0.717, 1.165) is 23.4 Å². The Morgan fingerprint density at radius 1 is 1.03 bits per heavy atom. The molecule has 2 heterocycles. The van der Waals surface area contributed by atoms with Crippen LogP contribution in [0, 0.1) is 18.3 Å². The van der Waals surface area contributed by atoms with E-state index in [2.05, 4.69) is 21.4 Å². The van der Waals surface area contributed by atoms with Gasteiger partial charge in [0.05, 0.1) is 42.0 Å².